The lowest BCUT2D eigenvalue weighted by Crippen LogP contribution is -2.55. The number of carbonyl (C=O) groups is 2. The second-order valence-corrected chi connectivity index (χ2v) is 7.66. The van der Waals surface area contributed by atoms with Gasteiger partial charge in [0, 0.05) is 13.1 Å². The van der Waals surface area contributed by atoms with Crippen LogP contribution in [0.1, 0.15) is 20.8 Å². The first-order valence-electron chi connectivity index (χ1n) is 6.90. The van der Waals surface area contributed by atoms with Gasteiger partial charge in [-0.2, -0.15) is 0 Å². The summed E-state index contributed by atoms with van der Waals surface area (Å²) in [6.45, 7) is 6.19. The van der Waals surface area contributed by atoms with Crippen LogP contribution in [0.3, 0.4) is 0 Å². The molecule has 1 aromatic rings. The normalized spacial score (nSPS) is 15.2. The van der Waals surface area contributed by atoms with Crippen LogP contribution in [-0.4, -0.2) is 35.6 Å². The Hall–Kier alpha value is -1.02. The van der Waals surface area contributed by atoms with E-state index in [1.165, 1.54) is 4.90 Å². The molecule has 5 nitrogen and oxygen atoms in total. The van der Waals surface area contributed by atoms with Gasteiger partial charge >= 0.3 is 6.09 Å². The van der Waals surface area contributed by atoms with Crippen LogP contribution in [0.4, 0.5) is 10.5 Å². The molecule has 1 fully saturated rings. The lowest BCUT2D eigenvalue weighted by Gasteiger charge is -2.38. The molecule has 1 heterocycles. The molecular formula is C15H18ClIN2O3. The van der Waals surface area contributed by atoms with Gasteiger partial charge in [-0.1, -0.05) is 17.7 Å². The number of ether oxygens (including phenoxy) is 1. The molecule has 2 rings (SSSR count). The summed E-state index contributed by atoms with van der Waals surface area (Å²) in [5, 5.41) is 3.45. The van der Waals surface area contributed by atoms with Gasteiger partial charge in [0.15, 0.2) is 0 Å². The van der Waals surface area contributed by atoms with E-state index in [4.69, 9.17) is 16.3 Å². The quantitative estimate of drug-likeness (QED) is 0.719. The molecule has 0 spiro atoms. The summed E-state index contributed by atoms with van der Waals surface area (Å²) in [4.78, 5) is 25.5. The van der Waals surface area contributed by atoms with Crippen molar-refractivity contribution in [2.75, 3.05) is 18.4 Å². The zero-order valence-electron chi connectivity index (χ0n) is 12.7. The molecule has 0 saturated carbocycles. The fourth-order valence-corrected chi connectivity index (χ4v) is 2.62. The molecule has 0 unspecified atom stereocenters. The van der Waals surface area contributed by atoms with Crippen LogP contribution in [0.2, 0.25) is 5.02 Å². The highest BCUT2D eigenvalue weighted by atomic mass is 127. The van der Waals surface area contributed by atoms with Crippen LogP contribution in [0.25, 0.3) is 0 Å². The Balaban J connectivity index is 1.87. The predicted octanol–water partition coefficient (Wildman–Crippen LogP) is 3.75. The minimum absolute atomic E-state index is 0.111. The molecule has 1 aliphatic heterocycles. The van der Waals surface area contributed by atoms with Crippen molar-refractivity contribution in [3.8, 4) is 0 Å². The highest BCUT2D eigenvalue weighted by Crippen LogP contribution is 2.27. The first-order valence-corrected chi connectivity index (χ1v) is 8.36. The summed E-state index contributed by atoms with van der Waals surface area (Å²) in [7, 11) is 0. The van der Waals surface area contributed by atoms with Gasteiger partial charge < -0.3 is 15.0 Å². The fourth-order valence-electron chi connectivity index (χ4n) is 1.96. The van der Waals surface area contributed by atoms with Gasteiger partial charge in [0.1, 0.15) is 5.60 Å². The van der Waals surface area contributed by atoms with Crippen molar-refractivity contribution < 1.29 is 14.3 Å². The van der Waals surface area contributed by atoms with Crippen LogP contribution >= 0.6 is 34.2 Å². The third-order valence-corrected chi connectivity index (χ3v) is 4.91. The number of amides is 2. The van der Waals surface area contributed by atoms with E-state index in [0.717, 1.165) is 3.57 Å². The predicted molar refractivity (Wildman–Crippen MR) is 94.1 cm³/mol. The van der Waals surface area contributed by atoms with Crippen LogP contribution in [0, 0.1) is 9.49 Å². The highest BCUT2D eigenvalue weighted by Gasteiger charge is 2.38. The molecule has 1 N–H and O–H groups in total. The van der Waals surface area contributed by atoms with Crippen molar-refractivity contribution in [2.24, 2.45) is 5.92 Å². The van der Waals surface area contributed by atoms with Crippen LogP contribution in [0.5, 0.6) is 0 Å². The summed E-state index contributed by atoms with van der Waals surface area (Å²) < 4.78 is 6.06. The molecule has 0 radical (unpaired) electrons. The second kappa shape index (κ2) is 6.62. The number of nitrogens with one attached hydrogen (secondary N) is 1. The summed E-state index contributed by atoms with van der Waals surface area (Å²) in [6, 6.07) is 5.36. The maximum absolute atomic E-state index is 12.2. The SMILES string of the molecule is CC(C)(C)OC(=O)N1CC(C(=O)Nc2cccc(Cl)c2I)C1. The van der Waals surface area contributed by atoms with E-state index in [0.29, 0.717) is 23.8 Å². The summed E-state index contributed by atoms with van der Waals surface area (Å²) in [5.74, 6) is -0.331. The standard InChI is InChI=1S/C15H18ClIN2O3/c1-15(2,3)22-14(21)19-7-9(8-19)13(20)18-11-6-4-5-10(16)12(11)17/h4-6,9H,7-8H2,1-3H3,(H,18,20). The van der Waals surface area contributed by atoms with Crippen LogP contribution in [0.15, 0.2) is 18.2 Å². The Morgan fingerprint density at radius 2 is 2.00 bits per heavy atom. The molecule has 22 heavy (non-hydrogen) atoms. The van der Waals surface area contributed by atoms with E-state index in [1.807, 2.05) is 20.8 Å². The molecule has 2 amide bonds. The van der Waals surface area contributed by atoms with E-state index >= 15 is 0 Å². The fraction of sp³-hybridized carbons (Fsp3) is 0.467. The Bertz CT molecular complexity index is 595. The Labute approximate surface area is 148 Å². The zero-order valence-corrected chi connectivity index (χ0v) is 15.6. The first-order chi connectivity index (χ1) is 10.2. The number of likely N-dealkylation sites (tertiary alicyclic amines) is 1. The monoisotopic (exact) mass is 436 g/mol. The molecule has 0 aliphatic carbocycles. The highest BCUT2D eigenvalue weighted by molar-refractivity contribution is 14.1. The molecule has 7 heteroatoms. The lowest BCUT2D eigenvalue weighted by atomic mass is 10.00. The topological polar surface area (TPSA) is 58.6 Å². The van der Waals surface area contributed by atoms with E-state index in [9.17, 15) is 9.59 Å². The molecule has 120 valence electrons. The van der Waals surface area contributed by atoms with Gasteiger partial charge in [0.25, 0.3) is 0 Å². The second-order valence-electron chi connectivity index (χ2n) is 6.17. The Morgan fingerprint density at radius 3 is 2.59 bits per heavy atom. The van der Waals surface area contributed by atoms with Crippen molar-refractivity contribution in [1.29, 1.82) is 0 Å². The molecule has 0 atom stereocenters. The van der Waals surface area contributed by atoms with E-state index < -0.39 is 5.60 Å². The third kappa shape index (κ3) is 4.25. The summed E-state index contributed by atoms with van der Waals surface area (Å²) >= 11 is 8.11. The first kappa shape index (κ1) is 17.3. The van der Waals surface area contributed by atoms with E-state index in [2.05, 4.69) is 27.9 Å². The van der Waals surface area contributed by atoms with Crippen molar-refractivity contribution in [3.63, 3.8) is 0 Å². The molecule has 1 aromatic carbocycles. The Morgan fingerprint density at radius 1 is 1.36 bits per heavy atom. The average Bonchev–Trinajstić information content (AvgIpc) is 2.30. The van der Waals surface area contributed by atoms with Gasteiger partial charge in [-0.15, -0.1) is 0 Å². The van der Waals surface area contributed by atoms with Gasteiger partial charge in [0.05, 0.1) is 20.2 Å². The van der Waals surface area contributed by atoms with Gasteiger partial charge in [-0.25, -0.2) is 4.79 Å². The molecular weight excluding hydrogens is 419 g/mol. The number of benzene rings is 1. The summed E-state index contributed by atoms with van der Waals surface area (Å²) in [5.41, 5.74) is 0.162. The average molecular weight is 437 g/mol. The number of halogens is 2. The Kier molecular flexibility index (Phi) is 5.21. The molecule has 1 saturated heterocycles. The lowest BCUT2D eigenvalue weighted by molar-refractivity contribution is -0.124. The van der Waals surface area contributed by atoms with Crippen molar-refractivity contribution in [1.82, 2.24) is 4.90 Å². The number of hydrogen-bond acceptors (Lipinski definition) is 3. The molecule has 1 aliphatic rings. The minimum Gasteiger partial charge on any atom is -0.444 e. The van der Waals surface area contributed by atoms with Crippen molar-refractivity contribution >= 4 is 51.9 Å². The number of anilines is 1. The van der Waals surface area contributed by atoms with Gasteiger partial charge in [-0.05, 0) is 55.5 Å². The number of nitrogens with zero attached hydrogens (tertiary/aromatic N) is 1. The minimum atomic E-state index is -0.526. The number of hydrogen-bond donors (Lipinski definition) is 1. The van der Waals surface area contributed by atoms with Crippen LogP contribution in [-0.2, 0) is 9.53 Å². The summed E-state index contributed by atoms with van der Waals surface area (Å²) in [6.07, 6.45) is -0.381. The van der Waals surface area contributed by atoms with E-state index in [1.54, 1.807) is 18.2 Å². The van der Waals surface area contributed by atoms with Gasteiger partial charge in [-0.3, -0.25) is 4.79 Å². The van der Waals surface area contributed by atoms with Crippen LogP contribution < -0.4 is 5.32 Å². The third-order valence-electron chi connectivity index (χ3n) is 3.11. The molecule has 0 aromatic heterocycles. The smallest absolute Gasteiger partial charge is 0.410 e. The van der Waals surface area contributed by atoms with Crippen molar-refractivity contribution in [2.45, 2.75) is 26.4 Å². The van der Waals surface area contributed by atoms with Crippen molar-refractivity contribution in [3.05, 3.63) is 26.8 Å². The van der Waals surface area contributed by atoms with E-state index in [-0.39, 0.29) is 17.9 Å². The maximum atomic E-state index is 12.2. The zero-order chi connectivity index (χ0) is 16.5. The number of rotatable bonds is 2. The maximum Gasteiger partial charge on any atom is 0.410 e. The largest absolute Gasteiger partial charge is 0.444 e. The molecule has 0 bridgehead atoms. The number of carbonyl (C=O) groups excluding carboxylic acids is 2. The van der Waals surface area contributed by atoms with Gasteiger partial charge in [0.2, 0.25) is 5.91 Å².